The Morgan fingerprint density at radius 1 is 1.00 bits per heavy atom. The fourth-order valence-electron chi connectivity index (χ4n) is 3.83. The second-order valence-electron chi connectivity index (χ2n) is 7.61. The molecule has 0 atom stereocenters. The molecule has 2 aromatic carbocycles. The molecule has 4 aromatic rings. The van der Waals surface area contributed by atoms with Crippen LogP contribution < -0.4 is 11.4 Å². The van der Waals surface area contributed by atoms with Crippen LogP contribution in [0.3, 0.4) is 0 Å². The van der Waals surface area contributed by atoms with Crippen molar-refractivity contribution in [2.45, 2.75) is 26.8 Å². The molecule has 2 N–H and O–H groups in total. The van der Waals surface area contributed by atoms with E-state index in [0.29, 0.717) is 5.82 Å². The summed E-state index contributed by atoms with van der Waals surface area (Å²) < 4.78 is 5.21. The summed E-state index contributed by atoms with van der Waals surface area (Å²) in [5.74, 6) is 0.601. The van der Waals surface area contributed by atoms with Gasteiger partial charge in [0.1, 0.15) is 11.5 Å². The van der Waals surface area contributed by atoms with Gasteiger partial charge in [0.2, 0.25) is 0 Å². The van der Waals surface area contributed by atoms with Gasteiger partial charge in [0.25, 0.3) is 0 Å². The molecule has 2 heterocycles. The van der Waals surface area contributed by atoms with Gasteiger partial charge in [0.15, 0.2) is 0 Å². The van der Waals surface area contributed by atoms with E-state index in [1.807, 2.05) is 55.8 Å². The van der Waals surface area contributed by atoms with E-state index in [4.69, 9.17) is 5.73 Å². The smallest absolute Gasteiger partial charge is 0.329 e. The van der Waals surface area contributed by atoms with Crippen molar-refractivity contribution in [1.29, 1.82) is 0 Å². The number of imidazole rings is 1. The minimum atomic E-state index is -0.0137. The minimum absolute atomic E-state index is 0.0137. The third kappa shape index (κ3) is 2.64. The van der Waals surface area contributed by atoms with Gasteiger partial charge in [0, 0.05) is 25.7 Å². The van der Waals surface area contributed by atoms with Crippen LogP contribution in [-0.4, -0.2) is 18.9 Å². The van der Waals surface area contributed by atoms with Crippen molar-refractivity contribution in [3.63, 3.8) is 0 Å². The van der Waals surface area contributed by atoms with Gasteiger partial charge in [-0.15, -0.1) is 0 Å². The first-order valence-corrected chi connectivity index (χ1v) is 9.40. The lowest BCUT2D eigenvalue weighted by Gasteiger charge is -2.08. The number of nitrogens with zero attached hydrogens (tertiary/aromatic N) is 4. The first-order valence-electron chi connectivity index (χ1n) is 9.40. The van der Waals surface area contributed by atoms with Gasteiger partial charge >= 0.3 is 5.69 Å². The Kier molecular flexibility index (Phi) is 4.14. The molecule has 0 aliphatic carbocycles. The van der Waals surface area contributed by atoms with Crippen molar-refractivity contribution in [1.82, 2.24) is 18.9 Å². The predicted octanol–water partition coefficient (Wildman–Crippen LogP) is 3.88. The Labute approximate surface area is 163 Å². The summed E-state index contributed by atoms with van der Waals surface area (Å²) in [6.45, 7) is 6.10. The largest absolute Gasteiger partial charge is 0.383 e. The molecule has 6 heteroatoms. The number of hydrogen-bond acceptors (Lipinski definition) is 3. The summed E-state index contributed by atoms with van der Waals surface area (Å²) in [7, 11) is 3.66. The molecule has 0 radical (unpaired) electrons. The average molecular weight is 375 g/mol. The van der Waals surface area contributed by atoms with Gasteiger partial charge in [0.05, 0.1) is 16.6 Å². The van der Waals surface area contributed by atoms with E-state index in [0.717, 1.165) is 33.4 Å². The number of rotatable bonds is 3. The lowest BCUT2D eigenvalue weighted by atomic mass is 9.99. The first kappa shape index (κ1) is 18.1. The van der Waals surface area contributed by atoms with E-state index in [2.05, 4.69) is 24.2 Å². The summed E-state index contributed by atoms with van der Waals surface area (Å²) >= 11 is 0. The van der Waals surface area contributed by atoms with Gasteiger partial charge in [-0.2, -0.15) is 5.10 Å². The molecule has 144 valence electrons. The lowest BCUT2D eigenvalue weighted by Crippen LogP contribution is -2.23. The Bertz CT molecular complexity index is 1260. The molecular formula is C22H25N5O. The minimum Gasteiger partial charge on any atom is -0.383 e. The van der Waals surface area contributed by atoms with E-state index < -0.39 is 0 Å². The van der Waals surface area contributed by atoms with Crippen LogP contribution in [-0.2, 0) is 14.1 Å². The number of nitrogens with two attached hydrogens (primary N) is 1. The van der Waals surface area contributed by atoms with Gasteiger partial charge in [-0.3, -0.25) is 13.8 Å². The van der Waals surface area contributed by atoms with Crippen molar-refractivity contribution in [3.05, 3.63) is 58.5 Å². The standard InChI is InChI=1S/C22H25N5O/c1-13(2)27-17-10-9-15(12-18(17)25(4)22(27)28)19-20(24-26(5)21(19)23)16-8-6-7-14(3)11-16/h6-13H,23H2,1-5H3. The molecule has 4 rings (SSSR count). The van der Waals surface area contributed by atoms with Crippen molar-refractivity contribution in [2.75, 3.05) is 5.73 Å². The molecule has 0 bridgehead atoms. The van der Waals surface area contributed by atoms with Gasteiger partial charge in [-0.05, 0) is 44.5 Å². The zero-order chi connectivity index (χ0) is 20.2. The van der Waals surface area contributed by atoms with Crippen LogP contribution in [0.5, 0.6) is 0 Å². The summed E-state index contributed by atoms with van der Waals surface area (Å²) in [6, 6.07) is 14.4. The van der Waals surface area contributed by atoms with Gasteiger partial charge < -0.3 is 5.73 Å². The van der Waals surface area contributed by atoms with E-state index >= 15 is 0 Å². The number of aryl methyl sites for hydroxylation is 3. The zero-order valence-electron chi connectivity index (χ0n) is 16.9. The normalized spacial score (nSPS) is 11.6. The van der Waals surface area contributed by atoms with Crippen LogP contribution in [0.4, 0.5) is 5.82 Å². The van der Waals surface area contributed by atoms with Crippen molar-refractivity contribution >= 4 is 16.9 Å². The summed E-state index contributed by atoms with van der Waals surface area (Å²) in [6.07, 6.45) is 0. The Morgan fingerprint density at radius 2 is 1.75 bits per heavy atom. The third-order valence-electron chi connectivity index (χ3n) is 5.28. The van der Waals surface area contributed by atoms with Crippen molar-refractivity contribution in [3.8, 4) is 22.4 Å². The first-order chi connectivity index (χ1) is 13.3. The van der Waals surface area contributed by atoms with Crippen LogP contribution in [0.2, 0.25) is 0 Å². The molecule has 0 unspecified atom stereocenters. The Balaban J connectivity index is 1.99. The second kappa shape index (κ2) is 6.41. The summed E-state index contributed by atoms with van der Waals surface area (Å²) in [5.41, 5.74) is 13.1. The van der Waals surface area contributed by atoms with Crippen molar-refractivity contribution < 1.29 is 0 Å². The number of benzene rings is 2. The fraction of sp³-hybridized carbons (Fsp3) is 0.273. The zero-order valence-corrected chi connectivity index (χ0v) is 16.9. The van der Waals surface area contributed by atoms with E-state index in [1.54, 1.807) is 16.3 Å². The lowest BCUT2D eigenvalue weighted by molar-refractivity contribution is 0.583. The Hall–Kier alpha value is -3.28. The summed E-state index contributed by atoms with van der Waals surface area (Å²) in [5, 5.41) is 4.67. The fourth-order valence-corrected chi connectivity index (χ4v) is 3.83. The molecule has 6 nitrogen and oxygen atoms in total. The highest BCUT2D eigenvalue weighted by Crippen LogP contribution is 2.37. The highest BCUT2D eigenvalue weighted by Gasteiger charge is 2.20. The van der Waals surface area contributed by atoms with E-state index in [1.165, 1.54) is 5.56 Å². The van der Waals surface area contributed by atoms with Gasteiger partial charge in [-0.25, -0.2) is 4.79 Å². The van der Waals surface area contributed by atoms with Crippen LogP contribution in [0.25, 0.3) is 33.4 Å². The van der Waals surface area contributed by atoms with Gasteiger partial charge in [-0.1, -0.05) is 29.8 Å². The molecule has 2 aromatic heterocycles. The Morgan fingerprint density at radius 3 is 2.43 bits per heavy atom. The molecule has 0 aliphatic heterocycles. The van der Waals surface area contributed by atoms with E-state index in [9.17, 15) is 4.79 Å². The molecular weight excluding hydrogens is 350 g/mol. The molecule has 0 amide bonds. The van der Waals surface area contributed by atoms with Crippen LogP contribution in [0.15, 0.2) is 47.3 Å². The third-order valence-corrected chi connectivity index (χ3v) is 5.28. The number of hydrogen-bond donors (Lipinski definition) is 1. The van der Waals surface area contributed by atoms with E-state index in [-0.39, 0.29) is 11.7 Å². The molecule has 0 saturated heterocycles. The highest BCUT2D eigenvalue weighted by molar-refractivity contribution is 5.92. The molecule has 28 heavy (non-hydrogen) atoms. The molecule has 0 saturated carbocycles. The maximum Gasteiger partial charge on any atom is 0.329 e. The number of aromatic nitrogens is 4. The van der Waals surface area contributed by atoms with Crippen LogP contribution in [0, 0.1) is 6.92 Å². The maximum absolute atomic E-state index is 12.7. The average Bonchev–Trinajstić information content (AvgIpc) is 3.09. The molecule has 0 aliphatic rings. The molecule has 0 spiro atoms. The molecule has 0 fully saturated rings. The quantitative estimate of drug-likeness (QED) is 0.591. The SMILES string of the molecule is Cc1cccc(-c2nn(C)c(N)c2-c2ccc3c(c2)n(C)c(=O)n3C(C)C)c1. The summed E-state index contributed by atoms with van der Waals surface area (Å²) in [4.78, 5) is 12.7. The second-order valence-corrected chi connectivity index (χ2v) is 7.61. The number of nitrogen functional groups attached to an aromatic ring is 1. The number of anilines is 1. The number of fused-ring (bicyclic) bond motifs is 1. The highest BCUT2D eigenvalue weighted by atomic mass is 16.1. The van der Waals surface area contributed by atoms with Crippen LogP contribution in [0.1, 0.15) is 25.5 Å². The topological polar surface area (TPSA) is 70.8 Å². The monoisotopic (exact) mass is 375 g/mol. The van der Waals surface area contributed by atoms with Crippen LogP contribution >= 0.6 is 0 Å². The van der Waals surface area contributed by atoms with Crippen molar-refractivity contribution in [2.24, 2.45) is 14.1 Å². The predicted molar refractivity (Wildman–Crippen MR) is 114 cm³/mol. The maximum atomic E-state index is 12.7.